The Hall–Kier alpha value is -2.45. The molecule has 1 heterocycles. The molecule has 0 unspecified atom stereocenters. The van der Waals surface area contributed by atoms with Gasteiger partial charge in [-0.15, -0.1) is 0 Å². The van der Waals surface area contributed by atoms with Gasteiger partial charge in [0.25, 0.3) is 0 Å². The Morgan fingerprint density at radius 2 is 1.77 bits per heavy atom. The lowest BCUT2D eigenvalue weighted by atomic mass is 10.2. The summed E-state index contributed by atoms with van der Waals surface area (Å²) < 4.78 is 1.34. The number of rotatable bonds is 4. The highest BCUT2D eigenvalue weighted by atomic mass is 79.9. The number of halogens is 2. The Kier molecular flexibility index (Phi) is 5.53. The van der Waals surface area contributed by atoms with Gasteiger partial charge in [-0.25, -0.2) is 9.97 Å². The molecule has 2 aromatic carbocycles. The molecule has 132 valence electrons. The third-order valence-electron chi connectivity index (χ3n) is 3.41. The topological polar surface area (TPSA) is 90.6 Å². The van der Waals surface area contributed by atoms with Crippen LogP contribution in [0, 0.1) is 6.92 Å². The van der Waals surface area contributed by atoms with Gasteiger partial charge in [-0.2, -0.15) is 5.10 Å². The molecule has 0 saturated heterocycles. The van der Waals surface area contributed by atoms with E-state index in [2.05, 4.69) is 52.4 Å². The lowest BCUT2D eigenvalue weighted by molar-refractivity contribution is 0.473. The highest BCUT2D eigenvalue weighted by Gasteiger charge is 2.13. The van der Waals surface area contributed by atoms with Gasteiger partial charge in [0.05, 0.1) is 16.3 Å². The zero-order chi connectivity index (χ0) is 18.7. The second kappa shape index (κ2) is 7.84. The number of nitrogens with one attached hydrogen (secondary N) is 1. The Balaban J connectivity index is 1.87. The van der Waals surface area contributed by atoms with Crippen LogP contribution < -0.4 is 5.43 Å². The minimum absolute atomic E-state index is 0.0670. The number of anilines is 1. The fourth-order valence-corrected chi connectivity index (χ4v) is 3.44. The maximum Gasteiger partial charge on any atom is 0.165 e. The molecule has 8 heteroatoms. The van der Waals surface area contributed by atoms with Gasteiger partial charge in [-0.05, 0) is 64.8 Å². The summed E-state index contributed by atoms with van der Waals surface area (Å²) >= 11 is 6.71. The molecular weight excluding hydrogens is 464 g/mol. The number of aromatic hydroxyl groups is 2. The number of benzene rings is 2. The van der Waals surface area contributed by atoms with Crippen LogP contribution in [-0.2, 0) is 0 Å². The number of aryl methyl sites for hydroxylation is 1. The van der Waals surface area contributed by atoms with Crippen LogP contribution in [0.2, 0.25) is 0 Å². The van der Waals surface area contributed by atoms with E-state index >= 15 is 0 Å². The predicted octanol–water partition coefficient (Wildman–Crippen LogP) is 4.83. The van der Waals surface area contributed by atoms with Crippen LogP contribution >= 0.6 is 31.9 Å². The van der Waals surface area contributed by atoms with Gasteiger partial charge in [0.1, 0.15) is 11.5 Å². The molecule has 6 nitrogen and oxygen atoms in total. The quantitative estimate of drug-likeness (QED) is 0.369. The molecule has 0 atom stereocenters. The molecular formula is C18H14Br2N4O2. The zero-order valence-corrected chi connectivity index (χ0v) is 16.8. The molecule has 0 aliphatic heterocycles. The van der Waals surface area contributed by atoms with Crippen LogP contribution in [0.1, 0.15) is 11.3 Å². The Morgan fingerprint density at radius 1 is 1.04 bits per heavy atom. The van der Waals surface area contributed by atoms with Gasteiger partial charge in [-0.3, -0.25) is 5.43 Å². The van der Waals surface area contributed by atoms with Crippen molar-refractivity contribution in [3.05, 3.63) is 62.7 Å². The van der Waals surface area contributed by atoms with E-state index in [1.54, 1.807) is 48.7 Å². The van der Waals surface area contributed by atoms with Crippen LogP contribution in [0.25, 0.3) is 11.4 Å². The lowest BCUT2D eigenvalue weighted by Crippen LogP contribution is -1.99. The van der Waals surface area contributed by atoms with Crippen molar-refractivity contribution in [2.24, 2.45) is 5.10 Å². The van der Waals surface area contributed by atoms with Gasteiger partial charge in [-0.1, -0.05) is 15.9 Å². The fraction of sp³-hybridized carbons (Fsp3) is 0.0556. The van der Waals surface area contributed by atoms with Crippen molar-refractivity contribution >= 4 is 43.9 Å². The number of aromatic nitrogens is 2. The maximum atomic E-state index is 10.3. The van der Waals surface area contributed by atoms with Crippen molar-refractivity contribution in [3.63, 3.8) is 0 Å². The SMILES string of the molecule is Cc1cc(N/N=C/c2ccc(O)cc2)nc(-c2cc(Br)cc(Br)c2O)n1. The Morgan fingerprint density at radius 3 is 2.50 bits per heavy atom. The first kappa shape index (κ1) is 18.3. The zero-order valence-electron chi connectivity index (χ0n) is 13.6. The molecule has 0 aliphatic carbocycles. The number of hydrazone groups is 1. The third-order valence-corrected chi connectivity index (χ3v) is 4.47. The third kappa shape index (κ3) is 4.39. The Labute approximate surface area is 166 Å². The van der Waals surface area contributed by atoms with E-state index < -0.39 is 0 Å². The number of hydrogen-bond acceptors (Lipinski definition) is 6. The van der Waals surface area contributed by atoms with Crippen molar-refractivity contribution < 1.29 is 10.2 Å². The minimum Gasteiger partial charge on any atom is -0.508 e. The molecule has 0 fully saturated rings. The second-order valence-electron chi connectivity index (χ2n) is 5.46. The molecule has 0 radical (unpaired) electrons. The first-order valence-electron chi connectivity index (χ1n) is 7.54. The fourth-order valence-electron chi connectivity index (χ4n) is 2.22. The first-order chi connectivity index (χ1) is 12.4. The van der Waals surface area contributed by atoms with E-state index in [0.717, 1.165) is 15.7 Å². The molecule has 26 heavy (non-hydrogen) atoms. The Bertz CT molecular complexity index is 976. The maximum absolute atomic E-state index is 10.3. The largest absolute Gasteiger partial charge is 0.508 e. The van der Waals surface area contributed by atoms with Crippen molar-refractivity contribution in [3.8, 4) is 22.9 Å². The number of hydrogen-bond donors (Lipinski definition) is 3. The summed E-state index contributed by atoms with van der Waals surface area (Å²) in [7, 11) is 0. The summed E-state index contributed by atoms with van der Waals surface area (Å²) in [6.07, 6.45) is 1.61. The molecule has 1 aromatic heterocycles. The average molecular weight is 478 g/mol. The van der Waals surface area contributed by atoms with Crippen LogP contribution in [0.4, 0.5) is 5.82 Å². The monoisotopic (exact) mass is 476 g/mol. The van der Waals surface area contributed by atoms with Crippen molar-refractivity contribution in [2.45, 2.75) is 6.92 Å². The van der Waals surface area contributed by atoms with Gasteiger partial charge < -0.3 is 10.2 Å². The molecule has 3 aromatic rings. The standard InChI is InChI=1S/C18H14Br2N4O2/c1-10-6-16(24-21-9-11-2-4-13(25)5-3-11)23-18(22-10)14-7-12(19)8-15(20)17(14)26/h2-9,25-26H,1H3,(H,22,23,24)/b21-9+. The van der Waals surface area contributed by atoms with E-state index in [1.807, 2.05) is 6.92 Å². The second-order valence-corrected chi connectivity index (χ2v) is 7.23. The summed E-state index contributed by atoms with van der Waals surface area (Å²) in [6.45, 7) is 1.84. The number of phenols is 2. The van der Waals surface area contributed by atoms with Gasteiger partial charge in [0.2, 0.25) is 0 Å². The van der Waals surface area contributed by atoms with Gasteiger partial charge >= 0.3 is 0 Å². The van der Waals surface area contributed by atoms with E-state index in [0.29, 0.717) is 21.7 Å². The van der Waals surface area contributed by atoms with E-state index in [1.165, 1.54) is 0 Å². The van der Waals surface area contributed by atoms with Gasteiger partial charge in [0, 0.05) is 16.2 Å². The number of nitrogens with zero attached hydrogens (tertiary/aromatic N) is 3. The molecule has 0 aliphatic rings. The highest BCUT2D eigenvalue weighted by Crippen LogP contribution is 2.37. The van der Waals surface area contributed by atoms with Crippen LogP contribution in [0.3, 0.4) is 0 Å². The van der Waals surface area contributed by atoms with Crippen molar-refractivity contribution in [2.75, 3.05) is 5.43 Å². The van der Waals surface area contributed by atoms with E-state index in [9.17, 15) is 10.2 Å². The number of phenolic OH excluding ortho intramolecular Hbond substituents is 2. The predicted molar refractivity (Wildman–Crippen MR) is 109 cm³/mol. The summed E-state index contributed by atoms with van der Waals surface area (Å²) in [6, 6.07) is 11.9. The molecule has 0 saturated carbocycles. The normalized spacial score (nSPS) is 11.0. The van der Waals surface area contributed by atoms with Crippen molar-refractivity contribution in [1.82, 2.24) is 9.97 Å². The van der Waals surface area contributed by atoms with Crippen molar-refractivity contribution in [1.29, 1.82) is 0 Å². The molecule has 3 rings (SSSR count). The molecule has 0 amide bonds. The summed E-state index contributed by atoms with van der Waals surface area (Å²) in [4.78, 5) is 8.81. The van der Waals surface area contributed by atoms with E-state index in [4.69, 9.17) is 0 Å². The first-order valence-corrected chi connectivity index (χ1v) is 9.13. The summed E-state index contributed by atoms with van der Waals surface area (Å²) in [5, 5.41) is 23.7. The molecule has 3 N–H and O–H groups in total. The average Bonchev–Trinajstić information content (AvgIpc) is 2.59. The van der Waals surface area contributed by atoms with Gasteiger partial charge in [0.15, 0.2) is 11.6 Å². The van der Waals surface area contributed by atoms with Crippen LogP contribution in [-0.4, -0.2) is 26.4 Å². The molecule has 0 bridgehead atoms. The summed E-state index contributed by atoms with van der Waals surface area (Å²) in [5.74, 6) is 1.15. The highest BCUT2D eigenvalue weighted by molar-refractivity contribution is 9.11. The smallest absolute Gasteiger partial charge is 0.165 e. The van der Waals surface area contributed by atoms with Crippen LogP contribution in [0.15, 0.2) is 56.5 Å². The van der Waals surface area contributed by atoms with E-state index in [-0.39, 0.29) is 11.5 Å². The molecule has 0 spiro atoms. The lowest BCUT2D eigenvalue weighted by Gasteiger charge is -2.09. The summed E-state index contributed by atoms with van der Waals surface area (Å²) in [5.41, 5.74) is 4.92. The minimum atomic E-state index is 0.0670. The van der Waals surface area contributed by atoms with Crippen LogP contribution in [0.5, 0.6) is 11.5 Å².